The lowest BCUT2D eigenvalue weighted by atomic mass is 9.63. The fraction of sp³-hybridized carbons (Fsp3) is 0.862. The Morgan fingerprint density at radius 2 is 1.05 bits per heavy atom. The highest BCUT2D eigenvalue weighted by Gasteiger charge is 2.37. The predicted molar refractivity (Wildman–Crippen MR) is 141 cm³/mol. The Labute approximate surface area is 222 Å². The highest BCUT2D eigenvalue weighted by molar-refractivity contribution is 5.93. The summed E-state index contributed by atoms with van der Waals surface area (Å²) in [6.07, 6.45) is 11.5. The van der Waals surface area contributed by atoms with Crippen LogP contribution >= 0.6 is 0 Å². The first-order valence-corrected chi connectivity index (χ1v) is 14.4. The topological polar surface area (TPSA) is 149 Å². The Balaban J connectivity index is 2.71. The van der Waals surface area contributed by atoms with Crippen LogP contribution in [0.4, 0.5) is 0 Å². The van der Waals surface area contributed by atoms with E-state index in [4.69, 9.17) is 0 Å². The van der Waals surface area contributed by atoms with Crippen LogP contribution in [0.15, 0.2) is 0 Å². The molecule has 1 rings (SSSR count). The molecule has 0 aliphatic heterocycles. The maximum absolute atomic E-state index is 11.4. The molecular weight excluding hydrogens is 476 g/mol. The van der Waals surface area contributed by atoms with Crippen LogP contribution in [-0.4, -0.2) is 44.3 Å². The molecule has 8 heteroatoms. The van der Waals surface area contributed by atoms with Gasteiger partial charge in [0.15, 0.2) is 11.8 Å². The van der Waals surface area contributed by atoms with Gasteiger partial charge in [-0.15, -0.1) is 0 Å². The van der Waals surface area contributed by atoms with Crippen LogP contribution in [0.3, 0.4) is 0 Å². The molecule has 4 N–H and O–H groups in total. The molecule has 8 nitrogen and oxygen atoms in total. The maximum atomic E-state index is 11.4. The highest BCUT2D eigenvalue weighted by atomic mass is 16.4. The second kappa shape index (κ2) is 16.7. The van der Waals surface area contributed by atoms with Crippen molar-refractivity contribution in [1.29, 1.82) is 0 Å². The quantitative estimate of drug-likeness (QED) is 0.111. The van der Waals surface area contributed by atoms with E-state index in [1.165, 1.54) is 12.8 Å². The summed E-state index contributed by atoms with van der Waals surface area (Å²) < 4.78 is 0. The van der Waals surface area contributed by atoms with Crippen LogP contribution in [0.1, 0.15) is 111 Å². The normalized spacial score (nSPS) is 23.6. The minimum atomic E-state index is -1.34. The molecular formula is C29H50O8. The molecule has 1 aliphatic carbocycles. The Hall–Kier alpha value is -2.12. The van der Waals surface area contributed by atoms with Crippen molar-refractivity contribution in [3.63, 3.8) is 0 Å². The average molecular weight is 527 g/mol. The second-order valence-corrected chi connectivity index (χ2v) is 11.3. The van der Waals surface area contributed by atoms with Gasteiger partial charge in [0.05, 0.1) is 0 Å². The van der Waals surface area contributed by atoms with Crippen LogP contribution in [-0.2, 0) is 19.2 Å². The van der Waals surface area contributed by atoms with Crippen molar-refractivity contribution in [3.8, 4) is 0 Å². The zero-order chi connectivity index (χ0) is 28.1. The van der Waals surface area contributed by atoms with Gasteiger partial charge < -0.3 is 20.4 Å². The number of carboxylic acids is 4. The first kappa shape index (κ1) is 32.9. The fourth-order valence-corrected chi connectivity index (χ4v) is 6.94. The minimum Gasteiger partial charge on any atom is -0.481 e. The molecule has 214 valence electrons. The Morgan fingerprint density at radius 1 is 0.649 bits per heavy atom. The Kier molecular flexibility index (Phi) is 14.8. The molecule has 0 bridgehead atoms. The van der Waals surface area contributed by atoms with Gasteiger partial charge in [0, 0.05) is 0 Å². The number of hydrogen-bond donors (Lipinski definition) is 4. The summed E-state index contributed by atoms with van der Waals surface area (Å²) >= 11 is 0. The molecule has 0 radical (unpaired) electrons. The Bertz CT molecular complexity index is 707. The first-order valence-electron chi connectivity index (χ1n) is 14.4. The van der Waals surface area contributed by atoms with Crippen LogP contribution in [0, 0.1) is 47.3 Å². The van der Waals surface area contributed by atoms with Crippen molar-refractivity contribution in [3.05, 3.63) is 0 Å². The lowest BCUT2D eigenvalue weighted by Crippen LogP contribution is -2.34. The van der Waals surface area contributed by atoms with Crippen LogP contribution < -0.4 is 0 Å². The van der Waals surface area contributed by atoms with Crippen molar-refractivity contribution in [2.75, 3.05) is 0 Å². The van der Waals surface area contributed by atoms with Gasteiger partial charge >= 0.3 is 23.9 Å². The van der Waals surface area contributed by atoms with E-state index in [2.05, 4.69) is 13.8 Å². The van der Waals surface area contributed by atoms with E-state index >= 15 is 0 Å². The van der Waals surface area contributed by atoms with E-state index in [-0.39, 0.29) is 11.8 Å². The molecule has 37 heavy (non-hydrogen) atoms. The molecule has 1 saturated carbocycles. The van der Waals surface area contributed by atoms with E-state index < -0.39 is 35.7 Å². The van der Waals surface area contributed by atoms with Gasteiger partial charge in [0.2, 0.25) is 0 Å². The van der Waals surface area contributed by atoms with Gasteiger partial charge in [-0.05, 0) is 67.6 Å². The largest absolute Gasteiger partial charge is 0.481 e. The highest BCUT2D eigenvalue weighted by Crippen LogP contribution is 2.45. The maximum Gasteiger partial charge on any atom is 0.318 e. The third kappa shape index (κ3) is 9.93. The van der Waals surface area contributed by atoms with Crippen LogP contribution in [0.5, 0.6) is 0 Å². The van der Waals surface area contributed by atoms with Gasteiger partial charge in [-0.25, -0.2) is 0 Å². The zero-order valence-corrected chi connectivity index (χ0v) is 23.2. The van der Waals surface area contributed by atoms with Gasteiger partial charge in [0.1, 0.15) is 0 Å². The van der Waals surface area contributed by atoms with Gasteiger partial charge in [-0.1, -0.05) is 79.1 Å². The molecule has 6 atom stereocenters. The predicted octanol–water partition coefficient (Wildman–Crippen LogP) is 6.42. The smallest absolute Gasteiger partial charge is 0.318 e. The number of carboxylic acid groups (broad SMARTS) is 4. The molecule has 1 aliphatic rings. The second-order valence-electron chi connectivity index (χ2n) is 11.3. The van der Waals surface area contributed by atoms with Crippen molar-refractivity contribution < 1.29 is 39.6 Å². The van der Waals surface area contributed by atoms with E-state index in [1.54, 1.807) is 0 Å². The molecule has 0 amide bonds. The average Bonchev–Trinajstić information content (AvgIpc) is 2.82. The molecule has 0 spiro atoms. The molecule has 0 saturated heterocycles. The molecule has 0 aromatic heterocycles. The molecule has 0 aromatic carbocycles. The number of rotatable bonds is 19. The van der Waals surface area contributed by atoms with Gasteiger partial charge in [-0.3, -0.25) is 19.2 Å². The summed E-state index contributed by atoms with van der Waals surface area (Å²) in [5.74, 6) is -6.01. The van der Waals surface area contributed by atoms with E-state index in [9.17, 15) is 39.6 Å². The lowest BCUT2D eigenvalue weighted by molar-refractivity contribution is -0.159. The summed E-state index contributed by atoms with van der Waals surface area (Å²) in [5, 5.41) is 37.3. The SMILES string of the molecule is CCC(CCCCC1C(C)CCC(CC)C1CCCCC(CC)C(C(=O)O)C(=O)O)C(C(=O)O)C(=O)O. The third-order valence-electron chi connectivity index (χ3n) is 9.18. The lowest BCUT2D eigenvalue weighted by Gasteiger charge is -2.42. The van der Waals surface area contributed by atoms with Crippen molar-refractivity contribution >= 4 is 23.9 Å². The fourth-order valence-electron chi connectivity index (χ4n) is 6.94. The molecule has 0 heterocycles. The van der Waals surface area contributed by atoms with E-state index in [0.29, 0.717) is 49.4 Å². The standard InChI is InChI=1S/C29H50O8/c1-5-19-17-16-18(4)22(14-10-8-12-20(6-2)24(26(30)31)27(32)33)23(19)15-11-9-13-21(7-3)25(28(34)35)29(36)37/h18-25H,5-17H2,1-4H3,(H,30,31)(H,32,33)(H,34,35)(H,36,37). The molecule has 0 aromatic rings. The third-order valence-corrected chi connectivity index (χ3v) is 9.18. The summed E-state index contributed by atoms with van der Waals surface area (Å²) in [5.41, 5.74) is 0. The van der Waals surface area contributed by atoms with Crippen LogP contribution in [0.25, 0.3) is 0 Å². The number of unbranched alkanes of at least 4 members (excludes halogenated alkanes) is 2. The van der Waals surface area contributed by atoms with Crippen LogP contribution in [0.2, 0.25) is 0 Å². The monoisotopic (exact) mass is 526 g/mol. The summed E-state index contributed by atoms with van der Waals surface area (Å²) in [4.78, 5) is 45.7. The summed E-state index contributed by atoms with van der Waals surface area (Å²) in [6, 6.07) is 0. The summed E-state index contributed by atoms with van der Waals surface area (Å²) in [7, 11) is 0. The molecule has 6 unspecified atom stereocenters. The summed E-state index contributed by atoms with van der Waals surface area (Å²) in [6.45, 7) is 8.27. The minimum absolute atomic E-state index is 0.356. The number of hydrogen-bond acceptors (Lipinski definition) is 4. The van der Waals surface area contributed by atoms with Crippen molar-refractivity contribution in [1.82, 2.24) is 0 Å². The zero-order valence-electron chi connectivity index (χ0n) is 23.2. The Morgan fingerprint density at radius 3 is 1.41 bits per heavy atom. The van der Waals surface area contributed by atoms with E-state index in [1.807, 2.05) is 13.8 Å². The van der Waals surface area contributed by atoms with E-state index in [0.717, 1.165) is 44.9 Å². The van der Waals surface area contributed by atoms with Crippen molar-refractivity contribution in [2.45, 2.75) is 111 Å². The first-order chi connectivity index (χ1) is 17.5. The van der Waals surface area contributed by atoms with Gasteiger partial charge in [0.25, 0.3) is 0 Å². The number of carbonyl (C=O) groups is 4. The number of aliphatic carboxylic acids is 4. The van der Waals surface area contributed by atoms with Gasteiger partial charge in [-0.2, -0.15) is 0 Å². The molecule has 1 fully saturated rings. The van der Waals surface area contributed by atoms with Crippen molar-refractivity contribution in [2.24, 2.45) is 47.3 Å².